The van der Waals surface area contributed by atoms with Crippen LogP contribution in [-0.4, -0.2) is 39.7 Å². The number of aliphatic hydroxyl groups is 1. The highest BCUT2D eigenvalue weighted by atomic mass is 16.3. The van der Waals surface area contributed by atoms with Crippen LogP contribution in [-0.2, 0) is 6.42 Å². The molecule has 3 N–H and O–H groups in total. The average Bonchev–Trinajstić information content (AvgIpc) is 3.00. The van der Waals surface area contributed by atoms with Crippen molar-refractivity contribution in [3.8, 4) is 0 Å². The topological polar surface area (TPSA) is 78.7 Å². The number of urea groups is 1. The Hall–Kier alpha value is -2.08. The number of amides is 2. The fourth-order valence-electron chi connectivity index (χ4n) is 3.46. The van der Waals surface area contributed by atoms with Crippen LogP contribution < -0.4 is 10.6 Å². The van der Waals surface area contributed by atoms with Crippen molar-refractivity contribution in [1.29, 1.82) is 0 Å². The molecule has 2 aromatic rings. The zero-order valence-electron chi connectivity index (χ0n) is 14.2. The summed E-state index contributed by atoms with van der Waals surface area (Å²) in [6.07, 6.45) is 8.87. The van der Waals surface area contributed by atoms with Crippen molar-refractivity contribution in [3.05, 3.63) is 35.8 Å². The summed E-state index contributed by atoms with van der Waals surface area (Å²) in [5, 5.41) is 15.3. The third-order valence-corrected chi connectivity index (χ3v) is 4.85. The predicted molar refractivity (Wildman–Crippen MR) is 93.0 cm³/mol. The van der Waals surface area contributed by atoms with Crippen molar-refractivity contribution in [1.82, 2.24) is 20.0 Å². The van der Waals surface area contributed by atoms with Gasteiger partial charge in [-0.2, -0.15) is 0 Å². The molecule has 0 aliphatic heterocycles. The van der Waals surface area contributed by atoms with Crippen molar-refractivity contribution < 1.29 is 9.90 Å². The molecule has 0 saturated heterocycles. The lowest BCUT2D eigenvalue weighted by atomic mass is 9.85. The molecule has 1 saturated carbocycles. The molecule has 0 radical (unpaired) electrons. The number of carbonyl (C=O) groups is 1. The SMILES string of the molecule is Cc1cccn2cc(CCNC(=O)N[C@@H]3CCCC[C@H]3CO)nc12. The highest BCUT2D eigenvalue weighted by Gasteiger charge is 2.25. The van der Waals surface area contributed by atoms with Crippen LogP contribution in [0.4, 0.5) is 4.79 Å². The zero-order chi connectivity index (χ0) is 16.9. The Morgan fingerprint density at radius 2 is 2.25 bits per heavy atom. The molecule has 3 rings (SSSR count). The van der Waals surface area contributed by atoms with Crippen LogP contribution >= 0.6 is 0 Å². The fourth-order valence-corrected chi connectivity index (χ4v) is 3.46. The second-order valence-corrected chi connectivity index (χ2v) is 6.64. The molecule has 0 aromatic carbocycles. The number of hydrogen-bond donors (Lipinski definition) is 3. The number of carbonyl (C=O) groups excluding carboxylic acids is 1. The molecule has 2 heterocycles. The molecule has 0 spiro atoms. The normalized spacial score (nSPS) is 20.9. The standard InChI is InChI=1S/C18H26N4O2/c1-13-5-4-10-22-11-15(20-17(13)22)8-9-19-18(24)21-16-7-3-2-6-14(16)12-23/h4-5,10-11,14,16,23H,2-3,6-9,12H2,1H3,(H2,19,21,24)/t14-,16+/m0/s1. The van der Waals surface area contributed by atoms with E-state index in [9.17, 15) is 9.90 Å². The van der Waals surface area contributed by atoms with Crippen molar-refractivity contribution >= 4 is 11.7 Å². The summed E-state index contributed by atoms with van der Waals surface area (Å²) in [6, 6.07) is 3.97. The molecular formula is C18H26N4O2. The summed E-state index contributed by atoms with van der Waals surface area (Å²) < 4.78 is 2.01. The number of aliphatic hydroxyl groups excluding tert-OH is 1. The van der Waals surface area contributed by atoms with Gasteiger partial charge in [-0.3, -0.25) is 0 Å². The van der Waals surface area contributed by atoms with Crippen LogP contribution in [0.25, 0.3) is 5.65 Å². The summed E-state index contributed by atoms with van der Waals surface area (Å²) in [5.74, 6) is 0.186. The number of nitrogens with one attached hydrogen (secondary N) is 2. The molecule has 1 fully saturated rings. The minimum absolute atomic E-state index is 0.0848. The quantitative estimate of drug-likeness (QED) is 0.785. The Balaban J connectivity index is 1.48. The van der Waals surface area contributed by atoms with Gasteiger partial charge in [-0.1, -0.05) is 18.9 Å². The second-order valence-electron chi connectivity index (χ2n) is 6.64. The first-order chi connectivity index (χ1) is 11.7. The van der Waals surface area contributed by atoms with E-state index < -0.39 is 0 Å². The van der Waals surface area contributed by atoms with Gasteiger partial charge >= 0.3 is 6.03 Å². The number of aromatic nitrogens is 2. The maximum absolute atomic E-state index is 12.1. The molecule has 1 aliphatic carbocycles. The van der Waals surface area contributed by atoms with Crippen molar-refractivity contribution in [2.45, 2.75) is 45.1 Å². The predicted octanol–water partition coefficient (Wildman–Crippen LogP) is 2.04. The minimum atomic E-state index is -0.153. The molecule has 2 amide bonds. The summed E-state index contributed by atoms with van der Waals surface area (Å²) in [5.41, 5.74) is 3.07. The van der Waals surface area contributed by atoms with Gasteiger partial charge in [0, 0.05) is 43.9 Å². The second kappa shape index (κ2) is 7.66. The fraction of sp³-hybridized carbons (Fsp3) is 0.556. The van der Waals surface area contributed by atoms with Gasteiger partial charge in [-0.05, 0) is 31.4 Å². The first kappa shape index (κ1) is 16.8. The lowest BCUT2D eigenvalue weighted by Gasteiger charge is -2.30. The van der Waals surface area contributed by atoms with Gasteiger partial charge in [0.25, 0.3) is 0 Å². The van der Waals surface area contributed by atoms with E-state index in [0.29, 0.717) is 13.0 Å². The van der Waals surface area contributed by atoms with Gasteiger partial charge in [0.05, 0.1) is 5.69 Å². The van der Waals surface area contributed by atoms with E-state index in [1.54, 1.807) is 0 Å². The Morgan fingerprint density at radius 3 is 3.04 bits per heavy atom. The molecule has 24 heavy (non-hydrogen) atoms. The molecule has 6 heteroatoms. The molecular weight excluding hydrogens is 304 g/mol. The highest BCUT2D eigenvalue weighted by molar-refractivity contribution is 5.74. The van der Waals surface area contributed by atoms with Crippen LogP contribution in [0.1, 0.15) is 36.9 Å². The van der Waals surface area contributed by atoms with Gasteiger partial charge < -0.3 is 20.1 Å². The van der Waals surface area contributed by atoms with E-state index in [1.165, 1.54) is 0 Å². The zero-order valence-corrected chi connectivity index (χ0v) is 14.2. The van der Waals surface area contributed by atoms with Crippen LogP contribution in [0.15, 0.2) is 24.5 Å². The smallest absolute Gasteiger partial charge is 0.315 e. The molecule has 2 aromatic heterocycles. The molecule has 130 valence electrons. The van der Waals surface area contributed by atoms with Crippen molar-refractivity contribution in [2.24, 2.45) is 5.92 Å². The number of nitrogens with zero attached hydrogens (tertiary/aromatic N) is 2. The van der Waals surface area contributed by atoms with E-state index in [0.717, 1.165) is 42.6 Å². The Kier molecular flexibility index (Phi) is 5.35. The largest absolute Gasteiger partial charge is 0.396 e. The lowest BCUT2D eigenvalue weighted by molar-refractivity contribution is 0.154. The van der Waals surface area contributed by atoms with Gasteiger partial charge in [0.2, 0.25) is 0 Å². The molecule has 2 atom stereocenters. The first-order valence-electron chi connectivity index (χ1n) is 8.76. The average molecular weight is 330 g/mol. The maximum atomic E-state index is 12.1. The minimum Gasteiger partial charge on any atom is -0.396 e. The lowest BCUT2D eigenvalue weighted by Crippen LogP contribution is -2.48. The Morgan fingerprint density at radius 1 is 1.42 bits per heavy atom. The number of fused-ring (bicyclic) bond motifs is 1. The summed E-state index contributed by atoms with van der Waals surface area (Å²) in [4.78, 5) is 16.7. The summed E-state index contributed by atoms with van der Waals surface area (Å²) >= 11 is 0. The van der Waals surface area contributed by atoms with E-state index in [-0.39, 0.29) is 24.6 Å². The number of rotatable bonds is 5. The van der Waals surface area contributed by atoms with Gasteiger partial charge in [0.15, 0.2) is 0 Å². The molecule has 0 unspecified atom stereocenters. The van der Waals surface area contributed by atoms with Crippen LogP contribution in [0.3, 0.4) is 0 Å². The number of hydrogen-bond acceptors (Lipinski definition) is 3. The molecule has 6 nitrogen and oxygen atoms in total. The molecule has 0 bridgehead atoms. The first-order valence-corrected chi connectivity index (χ1v) is 8.76. The van der Waals surface area contributed by atoms with E-state index >= 15 is 0 Å². The van der Waals surface area contributed by atoms with E-state index in [4.69, 9.17) is 0 Å². The van der Waals surface area contributed by atoms with Crippen LogP contribution in [0.2, 0.25) is 0 Å². The number of pyridine rings is 1. The van der Waals surface area contributed by atoms with E-state index in [1.807, 2.05) is 35.9 Å². The summed E-state index contributed by atoms with van der Waals surface area (Å²) in [6.45, 7) is 2.73. The third-order valence-electron chi connectivity index (χ3n) is 4.85. The van der Waals surface area contributed by atoms with Gasteiger partial charge in [-0.15, -0.1) is 0 Å². The van der Waals surface area contributed by atoms with Crippen molar-refractivity contribution in [2.75, 3.05) is 13.2 Å². The monoisotopic (exact) mass is 330 g/mol. The number of imidazole rings is 1. The molecule has 1 aliphatic rings. The van der Waals surface area contributed by atoms with Crippen LogP contribution in [0, 0.1) is 12.8 Å². The highest BCUT2D eigenvalue weighted by Crippen LogP contribution is 2.23. The maximum Gasteiger partial charge on any atom is 0.315 e. The number of aryl methyl sites for hydroxylation is 1. The summed E-state index contributed by atoms with van der Waals surface area (Å²) in [7, 11) is 0. The van der Waals surface area contributed by atoms with Gasteiger partial charge in [-0.25, -0.2) is 9.78 Å². The Labute approximate surface area is 142 Å². The van der Waals surface area contributed by atoms with Gasteiger partial charge in [0.1, 0.15) is 5.65 Å². The van der Waals surface area contributed by atoms with Crippen LogP contribution in [0.5, 0.6) is 0 Å². The third kappa shape index (κ3) is 3.87. The Bertz CT molecular complexity index is 697. The van der Waals surface area contributed by atoms with E-state index in [2.05, 4.69) is 15.6 Å². The van der Waals surface area contributed by atoms with Crippen molar-refractivity contribution in [3.63, 3.8) is 0 Å².